The lowest BCUT2D eigenvalue weighted by molar-refractivity contribution is -0.121. The van der Waals surface area contributed by atoms with E-state index in [1.807, 2.05) is 0 Å². The Morgan fingerprint density at radius 3 is 2.31 bits per heavy atom. The second kappa shape index (κ2) is 7.26. The van der Waals surface area contributed by atoms with E-state index in [0.717, 1.165) is 5.56 Å². The van der Waals surface area contributed by atoms with Gasteiger partial charge in [-0.1, -0.05) is 12.1 Å². The molecule has 26 heavy (non-hydrogen) atoms. The Balaban J connectivity index is 1.89. The summed E-state index contributed by atoms with van der Waals surface area (Å²) in [7, 11) is -3.07. The molecule has 7 nitrogen and oxygen atoms in total. The van der Waals surface area contributed by atoms with E-state index >= 15 is 0 Å². The fraction of sp³-hybridized carbons (Fsp3) is 0.556. The maximum absolute atomic E-state index is 12.2. The van der Waals surface area contributed by atoms with E-state index in [2.05, 4.69) is 10.6 Å². The number of benzene rings is 1. The maximum Gasteiger partial charge on any atom is 0.412 e. The smallest absolute Gasteiger partial charge is 0.412 e. The molecule has 1 aromatic carbocycles. The predicted octanol–water partition coefficient (Wildman–Crippen LogP) is 2.27. The quantitative estimate of drug-likeness (QED) is 0.832. The maximum atomic E-state index is 12.2. The van der Waals surface area contributed by atoms with Gasteiger partial charge in [0.05, 0.1) is 23.5 Å². The Hall–Kier alpha value is -2.09. The Kier molecular flexibility index (Phi) is 5.65. The summed E-state index contributed by atoms with van der Waals surface area (Å²) < 4.78 is 28.4. The second-order valence-corrected chi connectivity index (χ2v) is 10.1. The number of amides is 2. The molecule has 0 aromatic heterocycles. The zero-order valence-electron chi connectivity index (χ0n) is 15.6. The molecular formula is C18H26N2O5S. The van der Waals surface area contributed by atoms with Crippen molar-refractivity contribution in [3.05, 3.63) is 29.8 Å². The monoisotopic (exact) mass is 382 g/mol. The fourth-order valence-electron chi connectivity index (χ4n) is 2.80. The first-order valence-corrected chi connectivity index (χ1v) is 10.3. The highest BCUT2D eigenvalue weighted by molar-refractivity contribution is 7.91. The first-order valence-electron chi connectivity index (χ1n) is 8.46. The number of ether oxygens (including phenoxy) is 1. The number of nitrogens with one attached hydrogen (secondary N) is 2. The average molecular weight is 382 g/mol. The van der Waals surface area contributed by atoms with Crippen LogP contribution in [0.25, 0.3) is 0 Å². The van der Waals surface area contributed by atoms with E-state index in [0.29, 0.717) is 12.1 Å². The number of carbonyl (C=O) groups is 2. The standard InChI is InChI=1S/C18H26N2O5S/c1-17(2,3)25-16(22)19-14-7-5-13(6-8-14)11-15(21)20-18(4)9-10-26(23,24)12-18/h5-8H,9-12H2,1-4H3,(H,19,22)(H,20,21)/t18-/m1/s1. The molecule has 0 spiro atoms. The van der Waals surface area contributed by atoms with Crippen molar-refractivity contribution in [2.45, 2.75) is 51.7 Å². The minimum Gasteiger partial charge on any atom is -0.444 e. The highest BCUT2D eigenvalue weighted by Crippen LogP contribution is 2.23. The van der Waals surface area contributed by atoms with Gasteiger partial charge in [-0.3, -0.25) is 10.1 Å². The van der Waals surface area contributed by atoms with Gasteiger partial charge in [0, 0.05) is 5.69 Å². The van der Waals surface area contributed by atoms with E-state index in [-0.39, 0.29) is 23.8 Å². The summed E-state index contributed by atoms with van der Waals surface area (Å²) in [6.07, 6.45) is 0.0284. The molecule has 0 bridgehead atoms. The lowest BCUT2D eigenvalue weighted by Crippen LogP contribution is -2.47. The molecule has 2 amide bonds. The van der Waals surface area contributed by atoms with Gasteiger partial charge >= 0.3 is 6.09 Å². The third-order valence-corrected chi connectivity index (χ3v) is 5.81. The van der Waals surface area contributed by atoms with Crippen LogP contribution in [-0.2, 0) is 25.8 Å². The third kappa shape index (κ3) is 6.33. The zero-order chi connectivity index (χ0) is 19.6. The van der Waals surface area contributed by atoms with Gasteiger partial charge < -0.3 is 10.1 Å². The molecule has 1 saturated heterocycles. The Morgan fingerprint density at radius 2 is 1.81 bits per heavy atom. The fourth-order valence-corrected chi connectivity index (χ4v) is 4.90. The minimum absolute atomic E-state index is 0.0233. The summed E-state index contributed by atoms with van der Waals surface area (Å²) in [5.74, 6) is -0.142. The van der Waals surface area contributed by atoms with Gasteiger partial charge in [-0.15, -0.1) is 0 Å². The van der Waals surface area contributed by atoms with Crippen LogP contribution in [0.5, 0.6) is 0 Å². The molecule has 8 heteroatoms. The molecule has 1 aliphatic rings. The number of sulfone groups is 1. The molecule has 2 rings (SSSR count). The number of carbonyl (C=O) groups excluding carboxylic acids is 2. The van der Waals surface area contributed by atoms with Crippen molar-refractivity contribution in [2.75, 3.05) is 16.8 Å². The minimum atomic E-state index is -3.07. The van der Waals surface area contributed by atoms with Crippen molar-refractivity contribution in [3.8, 4) is 0 Å². The number of hydrogen-bond acceptors (Lipinski definition) is 5. The summed E-state index contributed by atoms with van der Waals surface area (Å²) in [4.78, 5) is 23.9. The van der Waals surface area contributed by atoms with Crippen LogP contribution in [-0.4, -0.2) is 43.1 Å². The van der Waals surface area contributed by atoms with Crippen LogP contribution >= 0.6 is 0 Å². The van der Waals surface area contributed by atoms with Gasteiger partial charge in [-0.05, 0) is 51.8 Å². The normalized spacial score (nSPS) is 21.8. The van der Waals surface area contributed by atoms with E-state index in [4.69, 9.17) is 4.74 Å². The van der Waals surface area contributed by atoms with Crippen molar-refractivity contribution in [1.82, 2.24) is 5.32 Å². The molecule has 1 aromatic rings. The van der Waals surface area contributed by atoms with Crippen molar-refractivity contribution in [1.29, 1.82) is 0 Å². The molecule has 0 saturated carbocycles. The SMILES string of the molecule is CC(C)(C)OC(=O)Nc1ccc(CC(=O)N[C@]2(C)CCS(=O)(=O)C2)cc1. The van der Waals surface area contributed by atoms with E-state index in [9.17, 15) is 18.0 Å². The van der Waals surface area contributed by atoms with Gasteiger partial charge in [0.25, 0.3) is 0 Å². The predicted molar refractivity (Wildman–Crippen MR) is 99.8 cm³/mol. The van der Waals surface area contributed by atoms with Gasteiger partial charge in [0.15, 0.2) is 9.84 Å². The third-order valence-electron chi connectivity index (χ3n) is 3.91. The van der Waals surface area contributed by atoms with Crippen molar-refractivity contribution >= 4 is 27.5 Å². The van der Waals surface area contributed by atoms with Crippen molar-refractivity contribution < 1.29 is 22.7 Å². The van der Waals surface area contributed by atoms with E-state index < -0.39 is 27.1 Å². The zero-order valence-corrected chi connectivity index (χ0v) is 16.4. The molecule has 0 aliphatic carbocycles. The van der Waals surface area contributed by atoms with Gasteiger partial charge in [-0.2, -0.15) is 0 Å². The summed E-state index contributed by atoms with van der Waals surface area (Å²) in [6, 6.07) is 6.85. The van der Waals surface area contributed by atoms with Crippen molar-refractivity contribution in [3.63, 3.8) is 0 Å². The highest BCUT2D eigenvalue weighted by Gasteiger charge is 2.39. The van der Waals surface area contributed by atoms with Crippen LogP contribution in [0.3, 0.4) is 0 Å². The second-order valence-electron chi connectivity index (χ2n) is 7.95. The van der Waals surface area contributed by atoms with Gasteiger partial charge in [0.2, 0.25) is 5.91 Å². The van der Waals surface area contributed by atoms with Gasteiger partial charge in [-0.25, -0.2) is 13.2 Å². The van der Waals surface area contributed by atoms with Crippen LogP contribution < -0.4 is 10.6 Å². The molecule has 1 heterocycles. The molecular weight excluding hydrogens is 356 g/mol. The first-order chi connectivity index (χ1) is 11.9. The molecule has 1 fully saturated rings. The molecule has 1 aliphatic heterocycles. The lowest BCUT2D eigenvalue weighted by atomic mass is 10.0. The van der Waals surface area contributed by atoms with E-state index in [1.165, 1.54) is 0 Å². The molecule has 0 radical (unpaired) electrons. The molecule has 1 atom stereocenters. The van der Waals surface area contributed by atoms with Gasteiger partial charge in [0.1, 0.15) is 5.60 Å². The molecule has 144 valence electrons. The van der Waals surface area contributed by atoms with Crippen LogP contribution in [0.4, 0.5) is 10.5 Å². The number of anilines is 1. The van der Waals surface area contributed by atoms with Crippen LogP contribution in [0.15, 0.2) is 24.3 Å². The number of hydrogen-bond donors (Lipinski definition) is 2. The Morgan fingerprint density at radius 1 is 1.19 bits per heavy atom. The van der Waals surface area contributed by atoms with E-state index in [1.54, 1.807) is 52.0 Å². The summed E-state index contributed by atoms with van der Waals surface area (Å²) in [5.41, 5.74) is 0.0547. The van der Waals surface area contributed by atoms with Crippen LogP contribution in [0, 0.1) is 0 Å². The van der Waals surface area contributed by atoms with Crippen LogP contribution in [0.1, 0.15) is 39.7 Å². The molecule has 0 unspecified atom stereocenters. The summed E-state index contributed by atoms with van der Waals surface area (Å²) in [6.45, 7) is 7.10. The largest absolute Gasteiger partial charge is 0.444 e. The average Bonchev–Trinajstić information content (AvgIpc) is 2.72. The van der Waals surface area contributed by atoms with Crippen molar-refractivity contribution in [2.24, 2.45) is 0 Å². The number of rotatable bonds is 4. The topological polar surface area (TPSA) is 102 Å². The highest BCUT2D eigenvalue weighted by atomic mass is 32.2. The first kappa shape index (κ1) is 20.2. The Labute approximate surface area is 154 Å². The lowest BCUT2D eigenvalue weighted by Gasteiger charge is -2.24. The summed E-state index contributed by atoms with van der Waals surface area (Å²) in [5, 5.41) is 5.45. The Bertz CT molecular complexity index is 781. The summed E-state index contributed by atoms with van der Waals surface area (Å²) >= 11 is 0. The molecule has 2 N–H and O–H groups in total. The van der Waals surface area contributed by atoms with Crippen LogP contribution in [0.2, 0.25) is 0 Å².